The van der Waals surface area contributed by atoms with E-state index in [4.69, 9.17) is 0 Å². The second-order valence-electron chi connectivity index (χ2n) is 9.08. The molecule has 0 amide bonds. The van der Waals surface area contributed by atoms with E-state index in [2.05, 4.69) is 30.8 Å². The molecule has 2 fully saturated rings. The van der Waals surface area contributed by atoms with Gasteiger partial charge >= 0.3 is 0 Å². The van der Waals surface area contributed by atoms with Crippen LogP contribution >= 0.6 is 0 Å². The number of hydrogen-bond donors (Lipinski definition) is 1. The minimum Gasteiger partial charge on any atom is -0.385 e. The smallest absolute Gasteiger partial charge is 0.159 e. The number of piperidine rings is 1. The van der Waals surface area contributed by atoms with Crippen LogP contribution in [0.25, 0.3) is 0 Å². The van der Waals surface area contributed by atoms with E-state index >= 15 is 0 Å². The lowest BCUT2D eigenvalue weighted by Gasteiger charge is -2.39. The summed E-state index contributed by atoms with van der Waals surface area (Å²) in [6.07, 6.45) is 4.64. The van der Waals surface area contributed by atoms with Gasteiger partial charge in [0.25, 0.3) is 0 Å². The van der Waals surface area contributed by atoms with Gasteiger partial charge in [-0.15, -0.1) is 0 Å². The lowest BCUT2D eigenvalue weighted by Crippen LogP contribution is -2.43. The van der Waals surface area contributed by atoms with Crippen LogP contribution in [0.3, 0.4) is 0 Å². The van der Waals surface area contributed by atoms with Gasteiger partial charge in [-0.2, -0.15) is 0 Å². The van der Waals surface area contributed by atoms with Gasteiger partial charge in [0.05, 0.1) is 16.8 Å². The highest BCUT2D eigenvalue weighted by atomic mass is 19.2. The number of nitrogens with zero attached hydrogens (tertiary/aromatic N) is 5. The summed E-state index contributed by atoms with van der Waals surface area (Å²) >= 11 is 0. The average molecular weight is 452 g/mol. The van der Waals surface area contributed by atoms with Crippen molar-refractivity contribution in [2.24, 2.45) is 0 Å². The Morgan fingerprint density at radius 3 is 2.36 bits per heavy atom. The lowest BCUT2D eigenvalue weighted by molar-refractivity contribution is 0.0113. The van der Waals surface area contributed by atoms with Crippen molar-refractivity contribution >= 4 is 11.6 Å². The summed E-state index contributed by atoms with van der Waals surface area (Å²) in [5.41, 5.74) is 0.115. The molecule has 3 heterocycles. The summed E-state index contributed by atoms with van der Waals surface area (Å²) in [4.78, 5) is 18.2. The molecule has 33 heavy (non-hydrogen) atoms. The predicted molar refractivity (Wildman–Crippen MR) is 122 cm³/mol. The molecule has 1 N–H and O–H groups in total. The summed E-state index contributed by atoms with van der Waals surface area (Å²) in [5.74, 6) is 0.458. The van der Waals surface area contributed by atoms with E-state index in [1.54, 1.807) is 0 Å². The van der Waals surface area contributed by atoms with Crippen molar-refractivity contribution in [2.45, 2.75) is 43.7 Å². The van der Waals surface area contributed by atoms with Crippen molar-refractivity contribution < 1.29 is 13.9 Å². The van der Waals surface area contributed by atoms with Gasteiger partial charge in [-0.25, -0.2) is 18.7 Å². The summed E-state index contributed by atoms with van der Waals surface area (Å²) in [6, 6.07) is 11.6. The van der Waals surface area contributed by atoms with E-state index in [9.17, 15) is 13.9 Å². The predicted octanol–water partition coefficient (Wildman–Crippen LogP) is 4.07. The highest BCUT2D eigenvalue weighted by molar-refractivity contribution is 5.55. The number of pyridine rings is 1. The standard InChI is InChI=1S/C25H27F2N5O/c1-17-29-22(31(2)24(8-9-24)21-5-3-4-12-28-21)16-23(30-17)32-13-10-25(33,11-14-32)18-6-7-19(26)20(27)15-18/h3-7,12,15-16,33H,8-11,13-14H2,1-2H3. The van der Waals surface area contributed by atoms with E-state index in [0.717, 1.165) is 42.3 Å². The van der Waals surface area contributed by atoms with Crippen LogP contribution in [0, 0.1) is 18.6 Å². The molecule has 5 rings (SSSR count). The molecule has 0 radical (unpaired) electrons. The maximum atomic E-state index is 13.7. The fourth-order valence-corrected chi connectivity index (χ4v) is 4.79. The third kappa shape index (κ3) is 3.93. The van der Waals surface area contributed by atoms with Gasteiger partial charge in [0.1, 0.15) is 17.5 Å². The maximum Gasteiger partial charge on any atom is 0.159 e. The first-order chi connectivity index (χ1) is 15.8. The van der Waals surface area contributed by atoms with Crippen LogP contribution in [0.1, 0.15) is 42.8 Å². The number of aromatic nitrogens is 3. The zero-order valence-corrected chi connectivity index (χ0v) is 18.8. The molecule has 2 aromatic heterocycles. The lowest BCUT2D eigenvalue weighted by atomic mass is 9.84. The molecule has 1 aliphatic carbocycles. The number of aliphatic hydroxyl groups is 1. The molecule has 1 aliphatic heterocycles. The number of benzene rings is 1. The van der Waals surface area contributed by atoms with E-state index in [-0.39, 0.29) is 5.54 Å². The quantitative estimate of drug-likeness (QED) is 0.631. The summed E-state index contributed by atoms with van der Waals surface area (Å²) < 4.78 is 27.0. The molecule has 172 valence electrons. The van der Waals surface area contributed by atoms with Crippen molar-refractivity contribution in [3.63, 3.8) is 0 Å². The molecule has 0 unspecified atom stereocenters. The van der Waals surface area contributed by atoms with Crippen LogP contribution in [0.15, 0.2) is 48.7 Å². The zero-order valence-electron chi connectivity index (χ0n) is 18.8. The SMILES string of the molecule is Cc1nc(N2CCC(O)(c3ccc(F)c(F)c3)CC2)cc(N(C)C2(c3ccccn3)CC2)n1. The maximum absolute atomic E-state index is 13.7. The first-order valence-corrected chi connectivity index (χ1v) is 11.2. The van der Waals surface area contributed by atoms with Crippen LogP contribution < -0.4 is 9.80 Å². The monoisotopic (exact) mass is 451 g/mol. The molecule has 0 atom stereocenters. The molecular formula is C25H27F2N5O. The summed E-state index contributed by atoms with van der Waals surface area (Å²) in [7, 11) is 2.05. The third-order valence-corrected chi connectivity index (χ3v) is 7.03. The van der Waals surface area contributed by atoms with E-state index < -0.39 is 17.2 Å². The topological polar surface area (TPSA) is 65.4 Å². The van der Waals surface area contributed by atoms with Crippen LogP contribution in [-0.2, 0) is 11.1 Å². The van der Waals surface area contributed by atoms with Gasteiger partial charge in [0.2, 0.25) is 0 Å². The summed E-state index contributed by atoms with van der Waals surface area (Å²) in [6.45, 7) is 2.96. The normalized spacial score (nSPS) is 18.8. The zero-order chi connectivity index (χ0) is 23.2. The molecule has 2 aliphatic rings. The molecule has 3 aromatic rings. The molecule has 8 heteroatoms. The van der Waals surface area contributed by atoms with Gasteiger partial charge in [0, 0.05) is 32.4 Å². The molecular weight excluding hydrogens is 424 g/mol. The number of halogens is 2. The molecule has 6 nitrogen and oxygen atoms in total. The molecule has 0 bridgehead atoms. The largest absolute Gasteiger partial charge is 0.385 e. The van der Waals surface area contributed by atoms with Crippen LogP contribution in [0.4, 0.5) is 20.4 Å². The van der Waals surface area contributed by atoms with Crippen molar-refractivity contribution in [1.29, 1.82) is 0 Å². The molecule has 1 saturated heterocycles. The van der Waals surface area contributed by atoms with Crippen molar-refractivity contribution in [1.82, 2.24) is 15.0 Å². The molecule has 0 spiro atoms. The van der Waals surface area contributed by atoms with Crippen LogP contribution in [0.5, 0.6) is 0 Å². The Morgan fingerprint density at radius 1 is 0.970 bits per heavy atom. The first kappa shape index (κ1) is 21.7. The van der Waals surface area contributed by atoms with Gasteiger partial charge in [-0.1, -0.05) is 12.1 Å². The van der Waals surface area contributed by atoms with E-state index in [1.165, 1.54) is 6.07 Å². The number of aryl methyl sites for hydroxylation is 1. The number of hydrogen-bond acceptors (Lipinski definition) is 6. The number of anilines is 2. The molecule has 1 aromatic carbocycles. The Labute approximate surface area is 191 Å². The van der Waals surface area contributed by atoms with E-state index in [0.29, 0.717) is 37.3 Å². The first-order valence-electron chi connectivity index (χ1n) is 11.2. The Bertz CT molecular complexity index is 1160. The Kier molecular flexibility index (Phi) is 5.28. The Hall–Kier alpha value is -3.13. The second kappa shape index (κ2) is 8.02. The number of rotatable bonds is 5. The fourth-order valence-electron chi connectivity index (χ4n) is 4.79. The Morgan fingerprint density at radius 2 is 1.73 bits per heavy atom. The second-order valence-corrected chi connectivity index (χ2v) is 9.08. The summed E-state index contributed by atoms with van der Waals surface area (Å²) in [5, 5.41) is 11.1. The third-order valence-electron chi connectivity index (χ3n) is 7.03. The van der Waals surface area contributed by atoms with Crippen molar-refractivity contribution in [3.05, 3.63) is 77.4 Å². The van der Waals surface area contributed by atoms with Crippen molar-refractivity contribution in [2.75, 3.05) is 29.9 Å². The Balaban J connectivity index is 1.36. The van der Waals surface area contributed by atoms with Crippen molar-refractivity contribution in [3.8, 4) is 0 Å². The minimum atomic E-state index is -1.19. The average Bonchev–Trinajstić information content (AvgIpc) is 3.63. The highest BCUT2D eigenvalue weighted by Gasteiger charge is 2.50. The molecule has 1 saturated carbocycles. The van der Waals surface area contributed by atoms with Gasteiger partial charge in [-0.3, -0.25) is 4.98 Å². The van der Waals surface area contributed by atoms with Gasteiger partial charge in [0.15, 0.2) is 11.6 Å². The highest BCUT2D eigenvalue weighted by Crippen LogP contribution is 2.51. The van der Waals surface area contributed by atoms with E-state index in [1.807, 2.05) is 38.4 Å². The van der Waals surface area contributed by atoms with Crippen LogP contribution in [0.2, 0.25) is 0 Å². The fraction of sp³-hybridized carbons (Fsp3) is 0.400. The van der Waals surface area contributed by atoms with Gasteiger partial charge in [-0.05, 0) is 62.4 Å². The van der Waals surface area contributed by atoms with Crippen LogP contribution in [-0.4, -0.2) is 40.2 Å². The minimum absolute atomic E-state index is 0.145. The van der Waals surface area contributed by atoms with Gasteiger partial charge < -0.3 is 14.9 Å².